The molecule has 26 heavy (non-hydrogen) atoms. The Hall–Kier alpha value is -3.81. The molecule has 0 atom stereocenters. The Morgan fingerprint density at radius 2 is 1.77 bits per heavy atom. The van der Waals surface area contributed by atoms with Gasteiger partial charge in [0.1, 0.15) is 18.0 Å². The number of pyridine rings is 1. The predicted octanol–water partition coefficient (Wildman–Crippen LogP) is 3.25. The Kier molecular flexibility index (Phi) is 4.21. The first-order valence-corrected chi connectivity index (χ1v) is 8.02. The van der Waals surface area contributed by atoms with Gasteiger partial charge in [0.15, 0.2) is 0 Å². The standard InChI is InChI=1S/C18H16N8/c1-13-21-12-26(25-13)16-6-4-14(5-7-16)23-18-20-10-8-17(24-18)22-15-3-2-9-19-11-15/h2-12H,1H3,(H2,20,22,23,24). The minimum atomic E-state index is 0.503. The topological polar surface area (TPSA) is 93.4 Å². The van der Waals surface area contributed by atoms with Crippen LogP contribution in [0.1, 0.15) is 5.82 Å². The second-order valence-corrected chi connectivity index (χ2v) is 5.54. The molecule has 0 amide bonds. The molecule has 0 aliphatic rings. The monoisotopic (exact) mass is 344 g/mol. The maximum absolute atomic E-state index is 4.46. The van der Waals surface area contributed by atoms with E-state index in [1.807, 2.05) is 43.3 Å². The second-order valence-electron chi connectivity index (χ2n) is 5.54. The number of benzene rings is 1. The molecule has 128 valence electrons. The van der Waals surface area contributed by atoms with E-state index in [4.69, 9.17) is 0 Å². The van der Waals surface area contributed by atoms with Crippen molar-refractivity contribution < 1.29 is 0 Å². The number of hydrogen-bond acceptors (Lipinski definition) is 7. The lowest BCUT2D eigenvalue weighted by Gasteiger charge is -2.08. The summed E-state index contributed by atoms with van der Waals surface area (Å²) in [6.45, 7) is 1.86. The van der Waals surface area contributed by atoms with E-state index in [0.717, 1.165) is 22.9 Å². The van der Waals surface area contributed by atoms with Gasteiger partial charge >= 0.3 is 0 Å². The Labute approximate surface area is 150 Å². The average molecular weight is 344 g/mol. The van der Waals surface area contributed by atoms with Crippen molar-refractivity contribution in [2.45, 2.75) is 6.92 Å². The second kappa shape index (κ2) is 6.98. The van der Waals surface area contributed by atoms with E-state index in [0.29, 0.717) is 11.8 Å². The van der Waals surface area contributed by atoms with Crippen LogP contribution in [0.25, 0.3) is 5.69 Å². The summed E-state index contributed by atoms with van der Waals surface area (Å²) in [5, 5.41) is 10.7. The van der Waals surface area contributed by atoms with Gasteiger partial charge in [0, 0.05) is 18.1 Å². The van der Waals surface area contributed by atoms with Crippen LogP contribution in [0.5, 0.6) is 0 Å². The Morgan fingerprint density at radius 3 is 2.50 bits per heavy atom. The molecule has 3 heterocycles. The third-order valence-corrected chi connectivity index (χ3v) is 3.58. The first-order valence-electron chi connectivity index (χ1n) is 8.02. The summed E-state index contributed by atoms with van der Waals surface area (Å²) in [5.74, 6) is 1.92. The number of nitrogens with zero attached hydrogens (tertiary/aromatic N) is 6. The molecule has 0 saturated heterocycles. The van der Waals surface area contributed by atoms with Crippen molar-refractivity contribution in [2.24, 2.45) is 0 Å². The van der Waals surface area contributed by atoms with Crippen molar-refractivity contribution in [3.63, 3.8) is 0 Å². The smallest absolute Gasteiger partial charge is 0.229 e. The molecule has 0 aliphatic carbocycles. The number of nitrogens with one attached hydrogen (secondary N) is 2. The summed E-state index contributed by atoms with van der Waals surface area (Å²) in [6.07, 6.45) is 6.84. The van der Waals surface area contributed by atoms with Gasteiger partial charge in [-0.05, 0) is 49.4 Å². The van der Waals surface area contributed by atoms with Gasteiger partial charge in [-0.25, -0.2) is 14.6 Å². The maximum Gasteiger partial charge on any atom is 0.229 e. The molecular formula is C18H16N8. The lowest BCUT2D eigenvalue weighted by atomic mass is 10.3. The Morgan fingerprint density at radius 1 is 0.885 bits per heavy atom. The highest BCUT2D eigenvalue weighted by molar-refractivity contribution is 5.59. The van der Waals surface area contributed by atoms with Crippen molar-refractivity contribution in [1.82, 2.24) is 29.7 Å². The number of aryl methyl sites for hydroxylation is 1. The summed E-state index contributed by atoms with van der Waals surface area (Å²) in [7, 11) is 0. The molecule has 0 spiro atoms. The van der Waals surface area contributed by atoms with Gasteiger partial charge in [0.25, 0.3) is 0 Å². The van der Waals surface area contributed by atoms with Crippen LogP contribution in [0, 0.1) is 6.92 Å². The Bertz CT molecular complexity index is 995. The normalized spacial score (nSPS) is 10.5. The van der Waals surface area contributed by atoms with Gasteiger partial charge in [0.05, 0.1) is 17.6 Å². The molecule has 8 heteroatoms. The number of anilines is 4. The summed E-state index contributed by atoms with van der Waals surface area (Å²) in [4.78, 5) is 16.9. The molecule has 0 aliphatic heterocycles. The van der Waals surface area contributed by atoms with Crippen molar-refractivity contribution in [3.05, 3.63) is 73.2 Å². The minimum Gasteiger partial charge on any atom is -0.339 e. The fourth-order valence-corrected chi connectivity index (χ4v) is 2.37. The maximum atomic E-state index is 4.46. The Balaban J connectivity index is 1.48. The first-order chi connectivity index (χ1) is 12.8. The quantitative estimate of drug-likeness (QED) is 0.574. The highest BCUT2D eigenvalue weighted by Crippen LogP contribution is 2.18. The molecule has 0 radical (unpaired) electrons. The molecule has 1 aromatic carbocycles. The van der Waals surface area contributed by atoms with E-state index >= 15 is 0 Å². The zero-order chi connectivity index (χ0) is 17.8. The average Bonchev–Trinajstić information content (AvgIpc) is 3.10. The fourth-order valence-electron chi connectivity index (χ4n) is 2.37. The predicted molar refractivity (Wildman–Crippen MR) is 98.9 cm³/mol. The van der Waals surface area contributed by atoms with Crippen molar-refractivity contribution >= 4 is 23.1 Å². The van der Waals surface area contributed by atoms with Gasteiger partial charge in [-0.3, -0.25) is 4.98 Å². The molecule has 8 nitrogen and oxygen atoms in total. The van der Waals surface area contributed by atoms with Crippen LogP contribution in [-0.2, 0) is 0 Å². The molecule has 3 aromatic heterocycles. The lowest BCUT2D eigenvalue weighted by Crippen LogP contribution is -2.01. The molecule has 0 unspecified atom stereocenters. The van der Waals surface area contributed by atoms with Crippen LogP contribution in [0.4, 0.5) is 23.1 Å². The van der Waals surface area contributed by atoms with Gasteiger partial charge in [-0.2, -0.15) is 10.1 Å². The van der Waals surface area contributed by atoms with Crippen LogP contribution in [-0.4, -0.2) is 29.7 Å². The third kappa shape index (κ3) is 3.64. The summed E-state index contributed by atoms with van der Waals surface area (Å²) in [5.41, 5.74) is 2.68. The summed E-state index contributed by atoms with van der Waals surface area (Å²) < 4.78 is 1.73. The van der Waals surface area contributed by atoms with E-state index in [1.54, 1.807) is 35.7 Å². The van der Waals surface area contributed by atoms with E-state index < -0.39 is 0 Å². The number of rotatable bonds is 5. The fraction of sp³-hybridized carbons (Fsp3) is 0.0556. The van der Waals surface area contributed by atoms with Crippen molar-refractivity contribution in [1.29, 1.82) is 0 Å². The van der Waals surface area contributed by atoms with Crippen LogP contribution in [0.3, 0.4) is 0 Å². The largest absolute Gasteiger partial charge is 0.339 e. The third-order valence-electron chi connectivity index (χ3n) is 3.58. The minimum absolute atomic E-state index is 0.503. The molecule has 0 bridgehead atoms. The van der Waals surface area contributed by atoms with Gasteiger partial charge in [-0.15, -0.1) is 0 Å². The van der Waals surface area contributed by atoms with Crippen LogP contribution in [0.15, 0.2) is 67.4 Å². The highest BCUT2D eigenvalue weighted by Gasteiger charge is 2.03. The molecule has 4 rings (SSSR count). The molecule has 2 N–H and O–H groups in total. The van der Waals surface area contributed by atoms with Gasteiger partial charge in [0.2, 0.25) is 5.95 Å². The van der Waals surface area contributed by atoms with Crippen molar-refractivity contribution in [2.75, 3.05) is 10.6 Å². The molecule has 4 aromatic rings. The molecular weight excluding hydrogens is 328 g/mol. The molecule has 0 saturated carbocycles. The van der Waals surface area contributed by atoms with Crippen LogP contribution < -0.4 is 10.6 Å². The number of aromatic nitrogens is 6. The summed E-state index contributed by atoms with van der Waals surface area (Å²) >= 11 is 0. The SMILES string of the molecule is Cc1ncn(-c2ccc(Nc3nccc(Nc4cccnc4)n3)cc2)n1. The zero-order valence-electron chi connectivity index (χ0n) is 14.0. The van der Waals surface area contributed by atoms with E-state index in [-0.39, 0.29) is 0 Å². The van der Waals surface area contributed by atoms with Gasteiger partial charge < -0.3 is 10.6 Å². The lowest BCUT2D eigenvalue weighted by molar-refractivity contribution is 0.863. The van der Waals surface area contributed by atoms with Gasteiger partial charge in [-0.1, -0.05) is 0 Å². The van der Waals surface area contributed by atoms with Crippen molar-refractivity contribution in [3.8, 4) is 5.69 Å². The molecule has 0 fully saturated rings. The zero-order valence-corrected chi connectivity index (χ0v) is 14.0. The summed E-state index contributed by atoms with van der Waals surface area (Å²) in [6, 6.07) is 13.4. The number of hydrogen-bond donors (Lipinski definition) is 2. The van der Waals surface area contributed by atoms with E-state index in [2.05, 4.69) is 35.7 Å². The highest BCUT2D eigenvalue weighted by atomic mass is 15.3. The van der Waals surface area contributed by atoms with E-state index in [9.17, 15) is 0 Å². The van der Waals surface area contributed by atoms with E-state index in [1.165, 1.54) is 0 Å². The first kappa shape index (κ1) is 15.7. The van der Waals surface area contributed by atoms with Crippen LogP contribution in [0.2, 0.25) is 0 Å². The van der Waals surface area contributed by atoms with Crippen LogP contribution >= 0.6 is 0 Å².